The number of carbonyl (C=O) groups excluding carboxylic acids is 1. The van der Waals surface area contributed by atoms with Crippen LogP contribution in [0.2, 0.25) is 0 Å². The van der Waals surface area contributed by atoms with Gasteiger partial charge in [0.15, 0.2) is 0 Å². The third-order valence-corrected chi connectivity index (χ3v) is 6.51. The molecule has 2 fully saturated rings. The van der Waals surface area contributed by atoms with Crippen molar-refractivity contribution in [3.05, 3.63) is 27.5 Å². The Hall–Kier alpha value is -1.07. The van der Waals surface area contributed by atoms with Crippen LogP contribution in [0.5, 0.6) is 0 Å². The topological polar surface area (TPSA) is 55.1 Å². The molecule has 1 aromatic heterocycles. The molecular weight excluding hydrogens is 348 g/mol. The zero-order valence-electron chi connectivity index (χ0n) is 11.6. The zero-order chi connectivity index (χ0) is 14.6. The van der Waals surface area contributed by atoms with E-state index in [1.54, 1.807) is 0 Å². The van der Waals surface area contributed by atoms with E-state index in [4.69, 9.17) is 5.73 Å². The van der Waals surface area contributed by atoms with Gasteiger partial charge in [0.25, 0.3) is 5.91 Å². The fourth-order valence-corrected chi connectivity index (χ4v) is 4.56. The quantitative estimate of drug-likeness (QED) is 0.855. The summed E-state index contributed by atoms with van der Waals surface area (Å²) in [6.07, 6.45) is 5.23. The molecule has 110 valence electrons. The Morgan fingerprint density at radius 2 is 2.19 bits per heavy atom. The maximum atomic E-state index is 12.4. The molecule has 4 rings (SSSR count). The molecule has 21 heavy (non-hydrogen) atoms. The highest BCUT2D eigenvalue weighted by Gasteiger charge is 2.53. The SMILES string of the molecule is Nc1c(C(=O)NCC2(C3CC3)CC2)sc2ccc(Br)cc12. The molecule has 1 amide bonds. The van der Waals surface area contributed by atoms with E-state index in [1.807, 2.05) is 18.2 Å². The molecule has 0 aliphatic heterocycles. The van der Waals surface area contributed by atoms with Crippen molar-refractivity contribution in [2.24, 2.45) is 11.3 Å². The molecule has 2 aliphatic rings. The number of rotatable bonds is 4. The number of thiophene rings is 1. The molecule has 2 saturated carbocycles. The van der Waals surface area contributed by atoms with Gasteiger partial charge in [-0.25, -0.2) is 0 Å². The van der Waals surface area contributed by atoms with E-state index in [0.29, 0.717) is 16.0 Å². The van der Waals surface area contributed by atoms with Crippen LogP contribution in [-0.4, -0.2) is 12.5 Å². The van der Waals surface area contributed by atoms with E-state index in [9.17, 15) is 4.79 Å². The molecular formula is C16H17BrN2OS. The molecule has 3 nitrogen and oxygen atoms in total. The summed E-state index contributed by atoms with van der Waals surface area (Å²) in [6.45, 7) is 0.813. The minimum Gasteiger partial charge on any atom is -0.397 e. The minimum atomic E-state index is -0.0169. The lowest BCUT2D eigenvalue weighted by Crippen LogP contribution is -2.31. The average Bonchev–Trinajstić information content (AvgIpc) is 3.35. The number of halogens is 1. The van der Waals surface area contributed by atoms with Gasteiger partial charge in [0, 0.05) is 21.1 Å². The minimum absolute atomic E-state index is 0.0169. The Balaban J connectivity index is 1.55. The molecule has 0 saturated heterocycles. The van der Waals surface area contributed by atoms with Crippen LogP contribution in [0, 0.1) is 11.3 Å². The zero-order valence-corrected chi connectivity index (χ0v) is 14.0. The molecule has 0 unspecified atom stereocenters. The van der Waals surface area contributed by atoms with E-state index >= 15 is 0 Å². The summed E-state index contributed by atoms with van der Waals surface area (Å²) in [7, 11) is 0. The van der Waals surface area contributed by atoms with Gasteiger partial charge in [-0.05, 0) is 55.2 Å². The molecule has 5 heteroatoms. The maximum Gasteiger partial charge on any atom is 0.263 e. The summed E-state index contributed by atoms with van der Waals surface area (Å²) in [5.74, 6) is 0.838. The highest BCUT2D eigenvalue weighted by molar-refractivity contribution is 9.10. The van der Waals surface area contributed by atoms with Crippen molar-refractivity contribution < 1.29 is 4.79 Å². The van der Waals surface area contributed by atoms with Gasteiger partial charge >= 0.3 is 0 Å². The lowest BCUT2D eigenvalue weighted by molar-refractivity contribution is 0.0947. The molecule has 0 atom stereocenters. The maximum absolute atomic E-state index is 12.4. The number of benzene rings is 1. The van der Waals surface area contributed by atoms with Crippen LogP contribution in [0.25, 0.3) is 10.1 Å². The fraction of sp³-hybridized carbons (Fsp3) is 0.438. The van der Waals surface area contributed by atoms with Gasteiger partial charge in [0.05, 0.1) is 5.69 Å². The Morgan fingerprint density at radius 1 is 1.43 bits per heavy atom. The van der Waals surface area contributed by atoms with Gasteiger partial charge < -0.3 is 11.1 Å². The first-order valence-corrected chi connectivity index (χ1v) is 8.96. The van der Waals surface area contributed by atoms with Crippen LogP contribution in [-0.2, 0) is 0 Å². The van der Waals surface area contributed by atoms with Crippen LogP contribution in [0.3, 0.4) is 0 Å². The molecule has 2 aliphatic carbocycles. The smallest absolute Gasteiger partial charge is 0.263 e. The van der Waals surface area contributed by atoms with Crippen molar-refractivity contribution in [1.29, 1.82) is 0 Å². The largest absolute Gasteiger partial charge is 0.397 e. The van der Waals surface area contributed by atoms with Crippen molar-refractivity contribution in [2.75, 3.05) is 12.3 Å². The molecule has 3 N–H and O–H groups in total. The summed E-state index contributed by atoms with van der Waals surface area (Å²) < 4.78 is 2.04. The third kappa shape index (κ3) is 2.36. The standard InChI is InChI=1S/C16H17BrN2OS/c17-10-3-4-12-11(7-10)13(18)14(21-12)15(20)19-8-16(5-6-16)9-1-2-9/h3-4,7,9H,1-2,5-6,8,18H2,(H,19,20). The Bertz CT molecular complexity index is 731. The number of hydrogen-bond donors (Lipinski definition) is 2. The monoisotopic (exact) mass is 364 g/mol. The second kappa shape index (κ2) is 4.71. The number of amides is 1. The van der Waals surface area contributed by atoms with E-state index in [2.05, 4.69) is 21.2 Å². The van der Waals surface area contributed by atoms with Gasteiger partial charge in [0.2, 0.25) is 0 Å². The van der Waals surface area contributed by atoms with E-state index in [0.717, 1.165) is 27.0 Å². The number of nitrogens with two attached hydrogens (primary N) is 1. The second-order valence-corrected chi connectivity index (χ2v) is 8.27. The first-order chi connectivity index (χ1) is 10.1. The van der Waals surface area contributed by atoms with Crippen molar-refractivity contribution >= 4 is 48.9 Å². The summed E-state index contributed by atoms with van der Waals surface area (Å²) in [5, 5.41) is 4.08. The van der Waals surface area contributed by atoms with Crippen molar-refractivity contribution in [2.45, 2.75) is 25.7 Å². The first kappa shape index (κ1) is 13.6. The van der Waals surface area contributed by atoms with Crippen molar-refractivity contribution in [1.82, 2.24) is 5.32 Å². The van der Waals surface area contributed by atoms with Gasteiger partial charge in [-0.15, -0.1) is 11.3 Å². The number of nitrogen functional groups attached to an aromatic ring is 1. The predicted molar refractivity (Wildman–Crippen MR) is 90.7 cm³/mol. The number of nitrogens with one attached hydrogen (secondary N) is 1. The number of carbonyl (C=O) groups is 1. The normalized spacial score (nSPS) is 19.7. The summed E-state index contributed by atoms with van der Waals surface area (Å²) in [6, 6.07) is 5.96. The van der Waals surface area contributed by atoms with Gasteiger partial charge in [-0.2, -0.15) is 0 Å². The molecule has 1 aromatic carbocycles. The third-order valence-electron chi connectivity index (χ3n) is 4.83. The van der Waals surface area contributed by atoms with Crippen molar-refractivity contribution in [3.63, 3.8) is 0 Å². The van der Waals surface area contributed by atoms with Gasteiger partial charge in [-0.3, -0.25) is 4.79 Å². The highest BCUT2D eigenvalue weighted by Crippen LogP contribution is 2.60. The van der Waals surface area contributed by atoms with E-state index in [-0.39, 0.29) is 5.91 Å². The second-order valence-electron chi connectivity index (χ2n) is 6.30. The summed E-state index contributed by atoms with van der Waals surface area (Å²) >= 11 is 4.93. The van der Waals surface area contributed by atoms with E-state index in [1.165, 1.54) is 37.0 Å². The first-order valence-electron chi connectivity index (χ1n) is 7.35. The lowest BCUT2D eigenvalue weighted by Gasteiger charge is -2.14. The van der Waals surface area contributed by atoms with Crippen LogP contribution >= 0.6 is 27.3 Å². The molecule has 2 aromatic rings. The van der Waals surface area contributed by atoms with Crippen molar-refractivity contribution in [3.8, 4) is 0 Å². The molecule has 0 bridgehead atoms. The average molecular weight is 365 g/mol. The number of fused-ring (bicyclic) bond motifs is 1. The predicted octanol–water partition coefficient (Wildman–Crippen LogP) is 4.17. The molecule has 0 spiro atoms. The fourth-order valence-electron chi connectivity index (χ4n) is 3.18. The van der Waals surface area contributed by atoms with E-state index < -0.39 is 0 Å². The summed E-state index contributed by atoms with van der Waals surface area (Å²) in [4.78, 5) is 13.1. The number of hydrogen-bond acceptors (Lipinski definition) is 3. The van der Waals surface area contributed by atoms with Crippen LogP contribution in [0.4, 0.5) is 5.69 Å². The lowest BCUT2D eigenvalue weighted by atomic mass is 10.0. The van der Waals surface area contributed by atoms with Crippen LogP contribution in [0.15, 0.2) is 22.7 Å². The summed E-state index contributed by atoms with van der Waals surface area (Å²) in [5.41, 5.74) is 7.19. The Labute approximate surface area is 136 Å². The van der Waals surface area contributed by atoms with Gasteiger partial charge in [0.1, 0.15) is 4.88 Å². The van der Waals surface area contributed by atoms with Crippen LogP contribution in [0.1, 0.15) is 35.4 Å². The number of anilines is 1. The van der Waals surface area contributed by atoms with Gasteiger partial charge in [-0.1, -0.05) is 15.9 Å². The Kier molecular flexibility index (Phi) is 3.05. The Morgan fingerprint density at radius 3 is 2.86 bits per heavy atom. The molecule has 1 heterocycles. The highest BCUT2D eigenvalue weighted by atomic mass is 79.9. The van der Waals surface area contributed by atoms with Crippen LogP contribution < -0.4 is 11.1 Å². The molecule has 0 radical (unpaired) electrons.